The van der Waals surface area contributed by atoms with E-state index in [0.29, 0.717) is 11.3 Å². The van der Waals surface area contributed by atoms with Crippen LogP contribution in [0.3, 0.4) is 0 Å². The number of anilines is 2. The molecule has 1 aliphatic heterocycles. The van der Waals surface area contributed by atoms with Crippen LogP contribution < -0.4 is 10.2 Å². The monoisotopic (exact) mass is 326 g/mol. The quantitative estimate of drug-likeness (QED) is 0.807. The molecule has 1 aliphatic rings. The van der Waals surface area contributed by atoms with E-state index >= 15 is 0 Å². The molecule has 126 valence electrons. The van der Waals surface area contributed by atoms with E-state index in [2.05, 4.69) is 10.2 Å². The highest BCUT2D eigenvalue weighted by atomic mass is 16.3. The van der Waals surface area contributed by atoms with E-state index in [-0.39, 0.29) is 28.9 Å². The molecule has 0 aromatic heterocycles. The van der Waals surface area contributed by atoms with Crippen LogP contribution in [0.5, 0.6) is 11.5 Å². The lowest BCUT2D eigenvalue weighted by Crippen LogP contribution is -2.13. The molecule has 3 N–H and O–H groups in total. The molecule has 0 saturated heterocycles. The van der Waals surface area contributed by atoms with E-state index < -0.39 is 0 Å². The summed E-state index contributed by atoms with van der Waals surface area (Å²) in [7, 11) is 2.05. The second-order valence-corrected chi connectivity index (χ2v) is 6.55. The van der Waals surface area contributed by atoms with Crippen molar-refractivity contribution in [2.45, 2.75) is 26.2 Å². The van der Waals surface area contributed by atoms with Gasteiger partial charge in [-0.2, -0.15) is 0 Å². The summed E-state index contributed by atoms with van der Waals surface area (Å²) in [6, 6.07) is 8.60. The van der Waals surface area contributed by atoms with Gasteiger partial charge >= 0.3 is 0 Å². The first-order valence-electron chi connectivity index (χ1n) is 8.08. The molecule has 2 aromatic rings. The third-order valence-corrected chi connectivity index (χ3v) is 4.48. The lowest BCUT2D eigenvalue weighted by atomic mass is 9.98. The number of aromatic hydroxyl groups is 2. The molecule has 5 nitrogen and oxygen atoms in total. The van der Waals surface area contributed by atoms with Crippen LogP contribution in [0.1, 0.15) is 41.3 Å². The van der Waals surface area contributed by atoms with Crippen molar-refractivity contribution < 1.29 is 15.0 Å². The number of fused-ring (bicyclic) bond motifs is 1. The summed E-state index contributed by atoms with van der Waals surface area (Å²) in [5.74, 6) is -0.566. The summed E-state index contributed by atoms with van der Waals surface area (Å²) < 4.78 is 0. The van der Waals surface area contributed by atoms with Gasteiger partial charge in [0, 0.05) is 31.0 Å². The van der Waals surface area contributed by atoms with Crippen LogP contribution in [0.25, 0.3) is 0 Å². The average molecular weight is 326 g/mol. The highest BCUT2D eigenvalue weighted by Crippen LogP contribution is 2.33. The number of likely N-dealkylation sites (N-methyl/N-ethyl adjacent to an activating group) is 1. The van der Waals surface area contributed by atoms with Crippen molar-refractivity contribution in [3.05, 3.63) is 47.0 Å². The van der Waals surface area contributed by atoms with Crippen LogP contribution in [-0.4, -0.2) is 29.7 Å². The Bertz CT molecular complexity index is 799. The Hall–Kier alpha value is -2.69. The number of carbonyl (C=O) groups is 1. The lowest BCUT2D eigenvalue weighted by Gasteiger charge is -2.14. The molecule has 5 heteroatoms. The van der Waals surface area contributed by atoms with Gasteiger partial charge in [0.15, 0.2) is 0 Å². The number of nitrogens with one attached hydrogen (secondary N) is 1. The van der Waals surface area contributed by atoms with Gasteiger partial charge in [-0.25, -0.2) is 0 Å². The molecular weight excluding hydrogens is 304 g/mol. The van der Waals surface area contributed by atoms with Gasteiger partial charge in [-0.05, 0) is 47.7 Å². The first-order valence-corrected chi connectivity index (χ1v) is 8.08. The van der Waals surface area contributed by atoms with Gasteiger partial charge in [0.25, 0.3) is 5.91 Å². The van der Waals surface area contributed by atoms with Crippen LogP contribution in [0.4, 0.5) is 11.4 Å². The molecule has 3 rings (SSSR count). The number of phenolic OH excluding ortho intramolecular Hbond substituents is 2. The summed E-state index contributed by atoms with van der Waals surface area (Å²) in [6.45, 7) is 4.82. The van der Waals surface area contributed by atoms with E-state index in [1.165, 1.54) is 17.3 Å². The minimum Gasteiger partial charge on any atom is -0.508 e. The summed E-state index contributed by atoms with van der Waals surface area (Å²) in [6.07, 6.45) is 0.956. The fourth-order valence-corrected chi connectivity index (χ4v) is 3.08. The minimum atomic E-state index is -0.388. The zero-order valence-corrected chi connectivity index (χ0v) is 14.1. The fourth-order valence-electron chi connectivity index (χ4n) is 3.08. The van der Waals surface area contributed by atoms with Crippen LogP contribution >= 0.6 is 0 Å². The fraction of sp³-hybridized carbons (Fsp3) is 0.316. The molecular formula is C19H22N2O3. The number of nitrogens with zero attached hydrogens (tertiary/aromatic N) is 1. The molecule has 0 unspecified atom stereocenters. The van der Waals surface area contributed by atoms with Gasteiger partial charge in [0.05, 0.1) is 5.56 Å². The molecule has 2 aromatic carbocycles. The van der Waals surface area contributed by atoms with E-state index in [4.69, 9.17) is 0 Å². The van der Waals surface area contributed by atoms with E-state index in [9.17, 15) is 15.0 Å². The van der Waals surface area contributed by atoms with Crippen molar-refractivity contribution in [3.63, 3.8) is 0 Å². The minimum absolute atomic E-state index is 0.000354. The summed E-state index contributed by atoms with van der Waals surface area (Å²) in [5.41, 5.74) is 3.88. The zero-order chi connectivity index (χ0) is 17.4. The Morgan fingerprint density at radius 1 is 1.17 bits per heavy atom. The van der Waals surface area contributed by atoms with Crippen molar-refractivity contribution in [2.75, 3.05) is 23.8 Å². The summed E-state index contributed by atoms with van der Waals surface area (Å²) in [4.78, 5) is 14.7. The van der Waals surface area contributed by atoms with Crippen molar-refractivity contribution in [1.82, 2.24) is 0 Å². The molecule has 24 heavy (non-hydrogen) atoms. The third-order valence-electron chi connectivity index (χ3n) is 4.48. The molecule has 0 aliphatic carbocycles. The van der Waals surface area contributed by atoms with Crippen molar-refractivity contribution >= 4 is 17.3 Å². The summed E-state index contributed by atoms with van der Waals surface area (Å²) >= 11 is 0. The number of phenols is 2. The van der Waals surface area contributed by atoms with Gasteiger partial charge < -0.3 is 20.4 Å². The Morgan fingerprint density at radius 2 is 1.92 bits per heavy atom. The van der Waals surface area contributed by atoms with Crippen LogP contribution in [0.15, 0.2) is 30.3 Å². The Morgan fingerprint density at radius 3 is 2.62 bits per heavy atom. The van der Waals surface area contributed by atoms with Crippen molar-refractivity contribution in [2.24, 2.45) is 0 Å². The van der Waals surface area contributed by atoms with Gasteiger partial charge in [-0.15, -0.1) is 0 Å². The van der Waals surface area contributed by atoms with Gasteiger partial charge in [-0.1, -0.05) is 13.8 Å². The Balaban J connectivity index is 1.87. The highest BCUT2D eigenvalue weighted by Gasteiger charge is 2.19. The number of benzene rings is 2. The number of hydrogen-bond acceptors (Lipinski definition) is 4. The van der Waals surface area contributed by atoms with E-state index in [1.807, 2.05) is 39.1 Å². The van der Waals surface area contributed by atoms with E-state index in [0.717, 1.165) is 13.0 Å². The topological polar surface area (TPSA) is 72.8 Å². The number of hydrogen-bond donors (Lipinski definition) is 3. The van der Waals surface area contributed by atoms with Gasteiger partial charge in [-0.3, -0.25) is 4.79 Å². The normalized spacial score (nSPS) is 13.2. The van der Waals surface area contributed by atoms with Crippen LogP contribution in [0.2, 0.25) is 0 Å². The maximum Gasteiger partial charge on any atom is 0.259 e. The predicted octanol–water partition coefficient (Wildman–Crippen LogP) is 3.47. The SMILES string of the molecule is CC(C)c1cc(C(=O)Nc2ccc3c(c2)CCN3C)c(O)cc1O. The Labute approximate surface area is 141 Å². The van der Waals surface area contributed by atoms with Gasteiger partial charge in [0.2, 0.25) is 0 Å². The van der Waals surface area contributed by atoms with Crippen LogP contribution in [0, 0.1) is 0 Å². The molecule has 1 heterocycles. The first-order chi connectivity index (χ1) is 11.4. The van der Waals surface area contributed by atoms with E-state index in [1.54, 1.807) is 6.07 Å². The average Bonchev–Trinajstić information content (AvgIpc) is 2.87. The maximum atomic E-state index is 12.5. The number of rotatable bonds is 3. The number of carbonyl (C=O) groups excluding carboxylic acids is 1. The molecule has 0 saturated carbocycles. The third kappa shape index (κ3) is 2.89. The largest absolute Gasteiger partial charge is 0.508 e. The van der Waals surface area contributed by atoms with Gasteiger partial charge in [0.1, 0.15) is 11.5 Å². The molecule has 0 bridgehead atoms. The summed E-state index contributed by atoms with van der Waals surface area (Å²) in [5, 5.41) is 22.7. The maximum absolute atomic E-state index is 12.5. The molecule has 0 atom stereocenters. The highest BCUT2D eigenvalue weighted by molar-refractivity contribution is 6.06. The molecule has 0 spiro atoms. The Kier molecular flexibility index (Phi) is 4.09. The standard InChI is InChI=1S/C19H22N2O3/c1-11(2)14-9-15(18(23)10-17(14)22)19(24)20-13-4-5-16-12(8-13)6-7-21(16)3/h4-5,8-11,22-23H,6-7H2,1-3H3,(H,20,24). The van der Waals surface area contributed by atoms with Crippen LogP contribution in [-0.2, 0) is 6.42 Å². The molecule has 1 amide bonds. The molecule has 0 radical (unpaired) electrons. The second-order valence-electron chi connectivity index (χ2n) is 6.55. The first kappa shape index (κ1) is 16.2. The number of amides is 1. The smallest absolute Gasteiger partial charge is 0.259 e. The molecule has 0 fully saturated rings. The zero-order valence-electron chi connectivity index (χ0n) is 14.1. The van der Waals surface area contributed by atoms with Crippen molar-refractivity contribution in [1.29, 1.82) is 0 Å². The predicted molar refractivity (Wildman–Crippen MR) is 95.2 cm³/mol. The second kappa shape index (κ2) is 6.07. The van der Waals surface area contributed by atoms with Crippen molar-refractivity contribution in [3.8, 4) is 11.5 Å². The lowest BCUT2D eigenvalue weighted by molar-refractivity contribution is 0.102.